The fourth-order valence-corrected chi connectivity index (χ4v) is 2.42. The van der Waals surface area contributed by atoms with Gasteiger partial charge >= 0.3 is 0 Å². The van der Waals surface area contributed by atoms with E-state index in [1.165, 1.54) is 6.26 Å². The molecule has 0 amide bonds. The molecule has 96 valence electrons. The first-order valence-corrected chi connectivity index (χ1v) is 7.75. The minimum absolute atomic E-state index is 0.309. The average Bonchev–Trinajstić information content (AvgIpc) is 2.27. The molecule has 0 fully saturated rings. The van der Waals surface area contributed by atoms with Crippen molar-refractivity contribution in [1.82, 2.24) is 4.90 Å². The molecule has 0 aliphatic heterocycles. The molecule has 1 aromatic carbocycles. The predicted octanol–water partition coefficient (Wildman–Crippen LogP) is 2.49. The third kappa shape index (κ3) is 3.82. The van der Waals surface area contributed by atoms with Crippen molar-refractivity contribution in [2.75, 3.05) is 19.8 Å². The molecule has 0 aliphatic rings. The maximum Gasteiger partial charge on any atom is 0.175 e. The molecule has 0 saturated carbocycles. The summed E-state index contributed by atoms with van der Waals surface area (Å²) < 4.78 is 22.7. The standard InChI is InChI=1S/C13H21NO2S/c1-5-10-14(3)11(2)12-6-8-13(9-7-12)17(4,15)16/h6-9,11H,5,10H2,1-4H3/t11-/m0/s1. The molecule has 0 bridgehead atoms. The van der Waals surface area contributed by atoms with E-state index in [9.17, 15) is 8.42 Å². The smallest absolute Gasteiger partial charge is 0.175 e. The summed E-state index contributed by atoms with van der Waals surface area (Å²) in [6.45, 7) is 5.32. The summed E-state index contributed by atoms with van der Waals surface area (Å²) in [5.41, 5.74) is 1.15. The zero-order valence-electron chi connectivity index (χ0n) is 11.0. The molecule has 3 nitrogen and oxygen atoms in total. The molecule has 0 aromatic heterocycles. The van der Waals surface area contributed by atoms with Crippen LogP contribution in [0.1, 0.15) is 31.9 Å². The molecule has 0 saturated heterocycles. The van der Waals surface area contributed by atoms with Crippen LogP contribution in [0.2, 0.25) is 0 Å². The molecule has 0 aliphatic carbocycles. The Hall–Kier alpha value is -0.870. The Kier molecular flexibility index (Phi) is 4.71. The van der Waals surface area contributed by atoms with E-state index in [1.54, 1.807) is 12.1 Å². The van der Waals surface area contributed by atoms with Crippen LogP contribution >= 0.6 is 0 Å². The number of hydrogen-bond donors (Lipinski definition) is 0. The molecule has 0 unspecified atom stereocenters. The highest BCUT2D eigenvalue weighted by atomic mass is 32.2. The summed E-state index contributed by atoms with van der Waals surface area (Å²) in [6, 6.07) is 7.46. The second-order valence-corrected chi connectivity index (χ2v) is 6.51. The van der Waals surface area contributed by atoms with Crippen molar-refractivity contribution in [3.05, 3.63) is 29.8 Å². The van der Waals surface area contributed by atoms with E-state index in [2.05, 4.69) is 25.8 Å². The Bertz CT molecular complexity index is 451. The van der Waals surface area contributed by atoms with Gasteiger partial charge in [-0.3, -0.25) is 4.90 Å². The minimum atomic E-state index is -3.09. The highest BCUT2D eigenvalue weighted by Crippen LogP contribution is 2.20. The molecule has 1 rings (SSSR count). The van der Waals surface area contributed by atoms with E-state index in [1.807, 2.05) is 12.1 Å². The van der Waals surface area contributed by atoms with Gasteiger partial charge in [0.25, 0.3) is 0 Å². The van der Waals surface area contributed by atoms with Gasteiger partial charge in [0.15, 0.2) is 9.84 Å². The first-order valence-electron chi connectivity index (χ1n) is 5.86. The number of benzene rings is 1. The van der Waals surface area contributed by atoms with Crippen LogP contribution in [0.3, 0.4) is 0 Å². The lowest BCUT2D eigenvalue weighted by Crippen LogP contribution is -2.23. The van der Waals surface area contributed by atoms with Crippen molar-refractivity contribution in [2.45, 2.75) is 31.2 Å². The third-order valence-electron chi connectivity index (χ3n) is 3.03. The van der Waals surface area contributed by atoms with Gasteiger partial charge in [0.1, 0.15) is 0 Å². The van der Waals surface area contributed by atoms with Gasteiger partial charge in [0.05, 0.1) is 4.90 Å². The fraction of sp³-hybridized carbons (Fsp3) is 0.538. The lowest BCUT2D eigenvalue weighted by Gasteiger charge is -2.24. The SMILES string of the molecule is CCCN(C)[C@@H](C)c1ccc(S(C)(=O)=O)cc1. The van der Waals surface area contributed by atoms with Gasteiger partial charge in [-0.2, -0.15) is 0 Å². The normalized spacial score (nSPS) is 13.9. The molecule has 4 heteroatoms. The van der Waals surface area contributed by atoms with Crippen LogP contribution in [0.4, 0.5) is 0 Å². The Morgan fingerprint density at radius 2 is 1.76 bits per heavy atom. The lowest BCUT2D eigenvalue weighted by atomic mass is 10.1. The molecule has 0 N–H and O–H groups in total. The van der Waals surface area contributed by atoms with E-state index in [4.69, 9.17) is 0 Å². The van der Waals surface area contributed by atoms with E-state index in [-0.39, 0.29) is 0 Å². The zero-order valence-corrected chi connectivity index (χ0v) is 11.8. The van der Waals surface area contributed by atoms with E-state index in [0.29, 0.717) is 10.9 Å². The number of rotatable bonds is 5. The molecule has 17 heavy (non-hydrogen) atoms. The highest BCUT2D eigenvalue weighted by Gasteiger charge is 2.12. The summed E-state index contributed by atoms with van der Waals surface area (Å²) in [4.78, 5) is 2.64. The average molecular weight is 255 g/mol. The molecular formula is C13H21NO2S. The second-order valence-electron chi connectivity index (χ2n) is 4.50. The Balaban J connectivity index is 2.88. The zero-order chi connectivity index (χ0) is 13.1. The van der Waals surface area contributed by atoms with Gasteiger partial charge in [-0.05, 0) is 44.6 Å². The van der Waals surface area contributed by atoms with Crippen LogP contribution in [-0.4, -0.2) is 33.2 Å². The van der Waals surface area contributed by atoms with Crippen LogP contribution < -0.4 is 0 Å². The first-order chi connectivity index (χ1) is 7.86. The largest absolute Gasteiger partial charge is 0.300 e. The van der Waals surface area contributed by atoms with Crippen LogP contribution in [0.15, 0.2) is 29.2 Å². The first kappa shape index (κ1) is 14.2. The van der Waals surface area contributed by atoms with Crippen molar-refractivity contribution in [3.63, 3.8) is 0 Å². The van der Waals surface area contributed by atoms with Crippen molar-refractivity contribution < 1.29 is 8.42 Å². The third-order valence-corrected chi connectivity index (χ3v) is 4.16. The van der Waals surface area contributed by atoms with Gasteiger partial charge < -0.3 is 0 Å². The molecule has 0 spiro atoms. The van der Waals surface area contributed by atoms with Gasteiger partial charge in [0, 0.05) is 12.3 Å². The summed E-state index contributed by atoms with van der Waals surface area (Å²) in [7, 11) is -1.01. The summed E-state index contributed by atoms with van der Waals surface area (Å²) in [5.74, 6) is 0. The van der Waals surface area contributed by atoms with Gasteiger partial charge in [-0.25, -0.2) is 8.42 Å². The van der Waals surface area contributed by atoms with Crippen LogP contribution in [0.25, 0.3) is 0 Å². The molecule has 0 heterocycles. The Morgan fingerprint density at radius 1 is 1.24 bits per heavy atom. The minimum Gasteiger partial charge on any atom is -0.300 e. The van der Waals surface area contributed by atoms with E-state index in [0.717, 1.165) is 18.5 Å². The van der Waals surface area contributed by atoms with E-state index < -0.39 is 9.84 Å². The summed E-state index contributed by atoms with van der Waals surface area (Å²) in [6.07, 6.45) is 2.34. The maximum atomic E-state index is 11.3. The maximum absolute atomic E-state index is 11.3. The molecule has 1 aromatic rings. The number of nitrogens with zero attached hydrogens (tertiary/aromatic N) is 1. The summed E-state index contributed by atoms with van der Waals surface area (Å²) in [5, 5.41) is 0. The molecule has 0 radical (unpaired) electrons. The van der Waals surface area contributed by atoms with Crippen molar-refractivity contribution in [1.29, 1.82) is 0 Å². The number of hydrogen-bond acceptors (Lipinski definition) is 3. The Morgan fingerprint density at radius 3 is 2.18 bits per heavy atom. The van der Waals surface area contributed by atoms with Gasteiger partial charge in [-0.1, -0.05) is 19.1 Å². The summed E-state index contributed by atoms with van der Waals surface area (Å²) >= 11 is 0. The topological polar surface area (TPSA) is 37.4 Å². The molecular weight excluding hydrogens is 234 g/mol. The van der Waals surface area contributed by atoms with E-state index >= 15 is 0 Å². The Labute approximate surface area is 104 Å². The van der Waals surface area contributed by atoms with Crippen molar-refractivity contribution in [3.8, 4) is 0 Å². The predicted molar refractivity (Wildman–Crippen MR) is 70.9 cm³/mol. The quantitative estimate of drug-likeness (QED) is 0.811. The monoisotopic (exact) mass is 255 g/mol. The molecule has 1 atom stereocenters. The van der Waals surface area contributed by atoms with Crippen LogP contribution in [0.5, 0.6) is 0 Å². The second kappa shape index (κ2) is 5.65. The van der Waals surface area contributed by atoms with Crippen LogP contribution in [-0.2, 0) is 9.84 Å². The van der Waals surface area contributed by atoms with Crippen molar-refractivity contribution in [2.24, 2.45) is 0 Å². The number of sulfone groups is 1. The van der Waals surface area contributed by atoms with Gasteiger partial charge in [0.2, 0.25) is 0 Å². The highest BCUT2D eigenvalue weighted by molar-refractivity contribution is 7.90. The van der Waals surface area contributed by atoms with Gasteiger partial charge in [-0.15, -0.1) is 0 Å². The van der Waals surface area contributed by atoms with Crippen LogP contribution in [0, 0.1) is 0 Å². The lowest BCUT2D eigenvalue weighted by molar-refractivity contribution is 0.262. The van der Waals surface area contributed by atoms with Crippen molar-refractivity contribution >= 4 is 9.84 Å². The fourth-order valence-electron chi connectivity index (χ4n) is 1.79.